The standard InChI is InChI=1S/C13H14Cl2F2N2O/c1-7(8-3-2-4-9(14)11(8)15)19-12(20)10-5-13(16,17)6-18-10/h2-4,7,10,18H,5-6H2,1H3,(H,19,20)/t7-,10-/m1/s1. The maximum Gasteiger partial charge on any atom is 0.262 e. The third kappa shape index (κ3) is 3.40. The first kappa shape index (κ1) is 15.5. The summed E-state index contributed by atoms with van der Waals surface area (Å²) in [5, 5.41) is 5.91. The highest BCUT2D eigenvalue weighted by molar-refractivity contribution is 6.42. The Balaban J connectivity index is 2.03. The first-order valence-electron chi connectivity index (χ1n) is 6.16. The van der Waals surface area contributed by atoms with Crippen molar-refractivity contribution < 1.29 is 13.6 Å². The van der Waals surface area contributed by atoms with Crippen LogP contribution in [-0.2, 0) is 4.79 Å². The van der Waals surface area contributed by atoms with Gasteiger partial charge in [-0.3, -0.25) is 10.1 Å². The van der Waals surface area contributed by atoms with Gasteiger partial charge in [0.25, 0.3) is 5.92 Å². The van der Waals surface area contributed by atoms with Gasteiger partial charge < -0.3 is 5.32 Å². The van der Waals surface area contributed by atoms with Crippen molar-refractivity contribution in [1.82, 2.24) is 10.6 Å². The average Bonchev–Trinajstić information content (AvgIpc) is 2.73. The van der Waals surface area contributed by atoms with Gasteiger partial charge in [0, 0.05) is 6.42 Å². The van der Waals surface area contributed by atoms with Crippen LogP contribution in [0.15, 0.2) is 18.2 Å². The SMILES string of the molecule is C[C@@H](NC(=O)[C@H]1CC(F)(F)CN1)c1cccc(Cl)c1Cl. The van der Waals surface area contributed by atoms with Crippen molar-refractivity contribution in [3.63, 3.8) is 0 Å². The second-order valence-electron chi connectivity index (χ2n) is 4.87. The van der Waals surface area contributed by atoms with E-state index >= 15 is 0 Å². The molecule has 0 saturated carbocycles. The summed E-state index contributed by atoms with van der Waals surface area (Å²) in [6.07, 6.45) is -0.491. The number of carbonyl (C=O) groups is 1. The van der Waals surface area contributed by atoms with E-state index in [4.69, 9.17) is 23.2 Å². The zero-order chi connectivity index (χ0) is 14.9. The fourth-order valence-electron chi connectivity index (χ4n) is 2.15. The van der Waals surface area contributed by atoms with Gasteiger partial charge in [-0.25, -0.2) is 8.78 Å². The Morgan fingerprint density at radius 2 is 2.20 bits per heavy atom. The lowest BCUT2D eigenvalue weighted by atomic mass is 10.1. The van der Waals surface area contributed by atoms with Crippen LogP contribution < -0.4 is 10.6 Å². The Labute approximate surface area is 125 Å². The van der Waals surface area contributed by atoms with Crippen molar-refractivity contribution in [2.24, 2.45) is 0 Å². The molecule has 20 heavy (non-hydrogen) atoms. The van der Waals surface area contributed by atoms with Gasteiger partial charge in [-0.05, 0) is 18.6 Å². The first-order chi connectivity index (χ1) is 9.30. The minimum atomic E-state index is -2.83. The predicted octanol–water partition coefficient (Wildman–Crippen LogP) is 3.17. The Bertz CT molecular complexity index is 525. The van der Waals surface area contributed by atoms with Gasteiger partial charge in [-0.15, -0.1) is 0 Å². The van der Waals surface area contributed by atoms with Crippen molar-refractivity contribution >= 4 is 29.1 Å². The smallest absolute Gasteiger partial charge is 0.262 e. The quantitative estimate of drug-likeness (QED) is 0.897. The normalized spacial score (nSPS) is 22.6. The molecule has 3 nitrogen and oxygen atoms in total. The van der Waals surface area contributed by atoms with Crippen LogP contribution in [-0.4, -0.2) is 24.4 Å². The summed E-state index contributed by atoms with van der Waals surface area (Å²) in [7, 11) is 0. The molecule has 1 aromatic carbocycles. The van der Waals surface area contributed by atoms with Gasteiger partial charge in [0.05, 0.1) is 28.7 Å². The van der Waals surface area contributed by atoms with Crippen molar-refractivity contribution in [2.45, 2.75) is 31.4 Å². The molecule has 1 heterocycles. The van der Waals surface area contributed by atoms with Gasteiger partial charge in [-0.1, -0.05) is 35.3 Å². The summed E-state index contributed by atoms with van der Waals surface area (Å²) in [5.74, 6) is -3.30. The van der Waals surface area contributed by atoms with Crippen LogP contribution in [0.4, 0.5) is 8.78 Å². The molecule has 1 aliphatic heterocycles. The van der Waals surface area contributed by atoms with E-state index in [0.29, 0.717) is 15.6 Å². The summed E-state index contributed by atoms with van der Waals surface area (Å²) < 4.78 is 26.1. The first-order valence-corrected chi connectivity index (χ1v) is 6.91. The molecular weight excluding hydrogens is 309 g/mol. The van der Waals surface area contributed by atoms with E-state index in [1.165, 1.54) is 0 Å². The molecule has 0 spiro atoms. The van der Waals surface area contributed by atoms with E-state index in [9.17, 15) is 13.6 Å². The molecule has 0 radical (unpaired) electrons. The van der Waals surface area contributed by atoms with E-state index in [1.54, 1.807) is 25.1 Å². The number of carbonyl (C=O) groups excluding carboxylic acids is 1. The molecule has 7 heteroatoms. The van der Waals surface area contributed by atoms with Crippen LogP contribution in [0.2, 0.25) is 10.0 Å². The summed E-state index contributed by atoms with van der Waals surface area (Å²) in [6, 6.07) is 3.79. The predicted molar refractivity (Wildman–Crippen MR) is 74.4 cm³/mol. The van der Waals surface area contributed by atoms with Gasteiger partial charge in [0.1, 0.15) is 0 Å². The number of halogens is 4. The Kier molecular flexibility index (Phi) is 4.52. The van der Waals surface area contributed by atoms with E-state index in [1.807, 2.05) is 0 Å². The topological polar surface area (TPSA) is 41.1 Å². The molecule has 110 valence electrons. The van der Waals surface area contributed by atoms with Crippen molar-refractivity contribution in [3.8, 4) is 0 Å². The highest BCUT2D eigenvalue weighted by atomic mass is 35.5. The Morgan fingerprint density at radius 1 is 1.50 bits per heavy atom. The number of hydrogen-bond donors (Lipinski definition) is 2. The molecule has 2 N–H and O–H groups in total. The number of nitrogens with one attached hydrogen (secondary N) is 2. The average molecular weight is 323 g/mol. The van der Waals surface area contributed by atoms with Crippen molar-refractivity contribution in [1.29, 1.82) is 0 Å². The minimum absolute atomic E-state index is 0.353. The minimum Gasteiger partial charge on any atom is -0.348 e. The van der Waals surface area contributed by atoms with Gasteiger partial charge in [0.15, 0.2) is 0 Å². The molecule has 0 aliphatic carbocycles. The monoisotopic (exact) mass is 322 g/mol. The maximum absolute atomic E-state index is 13.1. The van der Waals surface area contributed by atoms with Gasteiger partial charge >= 0.3 is 0 Å². The third-order valence-electron chi connectivity index (χ3n) is 3.23. The molecule has 2 rings (SSSR count). The van der Waals surface area contributed by atoms with Crippen LogP contribution in [0, 0.1) is 0 Å². The third-order valence-corrected chi connectivity index (χ3v) is 4.07. The Morgan fingerprint density at radius 3 is 2.80 bits per heavy atom. The molecule has 1 fully saturated rings. The van der Waals surface area contributed by atoms with Crippen LogP contribution in [0.1, 0.15) is 24.9 Å². The molecule has 0 bridgehead atoms. The molecule has 1 amide bonds. The molecule has 2 atom stereocenters. The molecule has 1 aromatic rings. The van der Waals surface area contributed by atoms with Crippen LogP contribution in [0.3, 0.4) is 0 Å². The zero-order valence-corrected chi connectivity index (χ0v) is 12.2. The Hall–Kier alpha value is -0.910. The number of hydrogen-bond acceptors (Lipinski definition) is 2. The molecule has 0 aromatic heterocycles. The second kappa shape index (κ2) is 5.84. The molecular formula is C13H14Cl2F2N2O. The van der Waals surface area contributed by atoms with E-state index in [0.717, 1.165) is 0 Å². The van der Waals surface area contributed by atoms with Crippen molar-refractivity contribution in [2.75, 3.05) is 6.54 Å². The zero-order valence-electron chi connectivity index (χ0n) is 10.7. The highest BCUT2D eigenvalue weighted by Crippen LogP contribution is 2.30. The number of benzene rings is 1. The maximum atomic E-state index is 13.1. The molecule has 0 unspecified atom stereocenters. The fourth-order valence-corrected chi connectivity index (χ4v) is 2.62. The van der Waals surface area contributed by atoms with E-state index < -0.39 is 36.9 Å². The van der Waals surface area contributed by atoms with Crippen LogP contribution in [0.25, 0.3) is 0 Å². The fraction of sp³-hybridized carbons (Fsp3) is 0.462. The second-order valence-corrected chi connectivity index (χ2v) is 5.65. The number of amides is 1. The van der Waals surface area contributed by atoms with Crippen LogP contribution in [0.5, 0.6) is 0 Å². The largest absolute Gasteiger partial charge is 0.348 e. The summed E-state index contributed by atoms with van der Waals surface area (Å²) in [6.45, 7) is 1.25. The van der Waals surface area contributed by atoms with E-state index in [-0.39, 0.29) is 0 Å². The van der Waals surface area contributed by atoms with Crippen LogP contribution >= 0.6 is 23.2 Å². The summed E-state index contributed by atoms with van der Waals surface area (Å²) in [5.41, 5.74) is 0.650. The lowest BCUT2D eigenvalue weighted by Gasteiger charge is -2.19. The molecule has 1 aliphatic rings. The van der Waals surface area contributed by atoms with Gasteiger partial charge in [-0.2, -0.15) is 0 Å². The lowest BCUT2D eigenvalue weighted by molar-refractivity contribution is -0.124. The number of alkyl halides is 2. The van der Waals surface area contributed by atoms with Gasteiger partial charge in [0.2, 0.25) is 5.91 Å². The summed E-state index contributed by atoms with van der Waals surface area (Å²) in [4.78, 5) is 11.9. The van der Waals surface area contributed by atoms with Crippen molar-refractivity contribution in [3.05, 3.63) is 33.8 Å². The highest BCUT2D eigenvalue weighted by Gasteiger charge is 2.42. The van der Waals surface area contributed by atoms with E-state index in [2.05, 4.69) is 10.6 Å². The number of rotatable bonds is 3. The molecule has 1 saturated heterocycles. The lowest BCUT2D eigenvalue weighted by Crippen LogP contribution is -2.41. The summed E-state index contributed by atoms with van der Waals surface area (Å²) >= 11 is 12.0.